The van der Waals surface area contributed by atoms with Crippen LogP contribution in [0.3, 0.4) is 0 Å². The molecule has 0 atom stereocenters. The second kappa shape index (κ2) is 6.51. The fraction of sp³-hybridized carbons (Fsp3) is 0.200. The number of hydrogen-bond acceptors (Lipinski definition) is 5. The van der Waals surface area contributed by atoms with Crippen molar-refractivity contribution in [1.82, 2.24) is 24.5 Å². The lowest BCUT2D eigenvalue weighted by atomic mass is 10.3. The lowest BCUT2D eigenvalue weighted by molar-refractivity contribution is -0.659. The minimum atomic E-state index is -0.479. The number of fused-ring (bicyclic) bond motifs is 1. The van der Waals surface area contributed by atoms with Crippen molar-refractivity contribution in [2.45, 2.75) is 6.54 Å². The molecule has 0 spiro atoms. The van der Waals surface area contributed by atoms with Gasteiger partial charge in [0.1, 0.15) is 0 Å². The van der Waals surface area contributed by atoms with Crippen molar-refractivity contribution >= 4 is 23.3 Å². The molecule has 0 aliphatic rings. The molecule has 0 radical (unpaired) electrons. The van der Waals surface area contributed by atoms with Gasteiger partial charge in [-0.05, 0) is 17.7 Å². The third kappa shape index (κ3) is 3.09. The van der Waals surface area contributed by atoms with Crippen LogP contribution in [0, 0.1) is 0 Å². The summed E-state index contributed by atoms with van der Waals surface area (Å²) in [5.41, 5.74) is 2.84. The first-order chi connectivity index (χ1) is 12.0. The number of aromatic nitrogens is 5. The van der Waals surface area contributed by atoms with E-state index in [1.54, 1.807) is 31.6 Å². The van der Waals surface area contributed by atoms with Gasteiger partial charge in [-0.1, -0.05) is 0 Å². The van der Waals surface area contributed by atoms with Gasteiger partial charge in [0.15, 0.2) is 6.54 Å². The number of amides is 1. The Bertz CT molecular complexity index is 1080. The number of pyridine rings is 1. The number of nitrogens with zero attached hydrogens (tertiary/aromatic N) is 5. The quantitative estimate of drug-likeness (QED) is 0.337. The molecule has 0 aliphatic carbocycles. The Kier molecular flexibility index (Phi) is 4.25. The van der Waals surface area contributed by atoms with Gasteiger partial charge in [-0.15, -0.1) is 0 Å². The summed E-state index contributed by atoms with van der Waals surface area (Å²) in [6.07, 6.45) is 6.19. The zero-order chi connectivity index (χ0) is 18.0. The molecule has 0 saturated carbocycles. The Balaban J connectivity index is 1.82. The normalized spacial score (nSPS) is 11.3. The molecule has 10 heteroatoms. The number of H-pyrrole nitrogens is 1. The van der Waals surface area contributed by atoms with Crippen LogP contribution in [0.1, 0.15) is 5.56 Å². The van der Waals surface area contributed by atoms with Crippen LogP contribution in [0.15, 0.2) is 45.5 Å². The molecule has 3 rings (SSSR count). The van der Waals surface area contributed by atoms with Gasteiger partial charge >= 0.3 is 11.2 Å². The number of nitrogens with one attached hydrogen (secondary N) is 2. The van der Waals surface area contributed by atoms with Crippen LogP contribution >= 0.6 is 0 Å². The predicted molar refractivity (Wildman–Crippen MR) is 88.9 cm³/mol. The molecule has 10 nitrogen and oxygen atoms in total. The fourth-order valence-electron chi connectivity index (χ4n) is 2.40. The second-order valence-electron chi connectivity index (χ2n) is 5.38. The predicted octanol–water partition coefficient (Wildman–Crippen LogP) is -1.60. The van der Waals surface area contributed by atoms with E-state index in [-0.39, 0.29) is 12.1 Å². The van der Waals surface area contributed by atoms with Crippen molar-refractivity contribution in [3.63, 3.8) is 0 Å². The first-order valence-electron chi connectivity index (χ1n) is 7.37. The maximum absolute atomic E-state index is 12.3. The van der Waals surface area contributed by atoms with E-state index < -0.39 is 17.2 Å². The molecule has 128 valence electrons. The Morgan fingerprint density at radius 1 is 1.32 bits per heavy atom. The zero-order valence-corrected chi connectivity index (χ0v) is 13.6. The lowest BCUT2D eigenvalue weighted by Gasteiger charge is -2.01. The van der Waals surface area contributed by atoms with Gasteiger partial charge in [0, 0.05) is 26.5 Å². The molecular weight excluding hydrogens is 326 g/mol. The van der Waals surface area contributed by atoms with E-state index in [1.165, 1.54) is 28.7 Å². The number of aromatic amines is 1. The molecule has 0 fully saturated rings. The monoisotopic (exact) mass is 342 g/mol. The van der Waals surface area contributed by atoms with Gasteiger partial charge in [-0.25, -0.2) is 19.8 Å². The summed E-state index contributed by atoms with van der Waals surface area (Å²) in [6.45, 7) is -0.124. The van der Waals surface area contributed by atoms with Crippen LogP contribution in [0.25, 0.3) is 11.2 Å². The summed E-state index contributed by atoms with van der Waals surface area (Å²) >= 11 is 0. The van der Waals surface area contributed by atoms with Gasteiger partial charge in [0.25, 0.3) is 17.1 Å². The average Bonchev–Trinajstić information content (AvgIpc) is 3.02. The first kappa shape index (κ1) is 16.3. The van der Waals surface area contributed by atoms with E-state index in [2.05, 4.69) is 20.5 Å². The van der Waals surface area contributed by atoms with E-state index in [9.17, 15) is 14.4 Å². The van der Waals surface area contributed by atoms with Crippen LogP contribution in [0.2, 0.25) is 0 Å². The van der Waals surface area contributed by atoms with Gasteiger partial charge in [0.05, 0.1) is 6.21 Å². The molecule has 3 aromatic heterocycles. The van der Waals surface area contributed by atoms with Crippen LogP contribution in [-0.4, -0.2) is 31.2 Å². The molecule has 3 heterocycles. The SMILES string of the molecule is Cn1c(=O)c2c([nH]c[n+]2CC(=O)NN=Cc2ccncc2)n(C)c1=O. The lowest BCUT2D eigenvalue weighted by Crippen LogP contribution is -2.46. The number of carbonyl (C=O) groups is 1. The van der Waals surface area contributed by atoms with Gasteiger partial charge in [0.2, 0.25) is 6.33 Å². The second-order valence-corrected chi connectivity index (χ2v) is 5.38. The van der Waals surface area contributed by atoms with E-state index in [1.807, 2.05) is 0 Å². The highest BCUT2D eigenvalue weighted by molar-refractivity contribution is 5.81. The molecule has 0 saturated heterocycles. The summed E-state index contributed by atoms with van der Waals surface area (Å²) in [7, 11) is 2.94. The molecule has 0 aliphatic heterocycles. The minimum Gasteiger partial charge on any atom is -0.269 e. The maximum Gasteiger partial charge on any atom is 0.333 e. The fourth-order valence-corrected chi connectivity index (χ4v) is 2.40. The number of imidazole rings is 1. The topological polar surface area (TPSA) is 118 Å². The van der Waals surface area contributed by atoms with Crippen LogP contribution < -0.4 is 21.2 Å². The Morgan fingerprint density at radius 3 is 2.76 bits per heavy atom. The molecule has 2 N–H and O–H groups in total. The van der Waals surface area contributed by atoms with Crippen LogP contribution in [0.4, 0.5) is 0 Å². The molecule has 1 amide bonds. The highest BCUT2D eigenvalue weighted by atomic mass is 16.2. The van der Waals surface area contributed by atoms with Crippen molar-refractivity contribution in [3.8, 4) is 0 Å². The third-order valence-electron chi connectivity index (χ3n) is 3.71. The maximum atomic E-state index is 12.3. The average molecular weight is 342 g/mol. The molecule has 3 aromatic rings. The molecule has 0 aromatic carbocycles. The van der Waals surface area contributed by atoms with Gasteiger partial charge in [-0.2, -0.15) is 5.10 Å². The summed E-state index contributed by atoms with van der Waals surface area (Å²) in [6, 6.07) is 3.49. The Hall–Kier alpha value is -3.56. The first-order valence-corrected chi connectivity index (χ1v) is 7.37. The van der Waals surface area contributed by atoms with Crippen molar-refractivity contribution in [3.05, 3.63) is 57.3 Å². The third-order valence-corrected chi connectivity index (χ3v) is 3.71. The van der Waals surface area contributed by atoms with Gasteiger partial charge in [-0.3, -0.25) is 23.7 Å². The van der Waals surface area contributed by atoms with Crippen molar-refractivity contribution < 1.29 is 9.36 Å². The van der Waals surface area contributed by atoms with E-state index in [4.69, 9.17) is 0 Å². The largest absolute Gasteiger partial charge is 0.333 e. The highest BCUT2D eigenvalue weighted by Gasteiger charge is 2.21. The molecular formula is C15H16N7O3+. The van der Waals surface area contributed by atoms with E-state index >= 15 is 0 Å². The number of carbonyl (C=O) groups excluding carboxylic acids is 1. The van der Waals surface area contributed by atoms with Crippen LogP contribution in [-0.2, 0) is 25.4 Å². The molecule has 25 heavy (non-hydrogen) atoms. The smallest absolute Gasteiger partial charge is 0.269 e. The number of hydrazone groups is 1. The van der Waals surface area contributed by atoms with Gasteiger partial charge < -0.3 is 0 Å². The summed E-state index contributed by atoms with van der Waals surface area (Å²) in [5, 5.41) is 3.86. The number of rotatable bonds is 4. The van der Waals surface area contributed by atoms with Crippen LogP contribution in [0.5, 0.6) is 0 Å². The van der Waals surface area contributed by atoms with E-state index in [0.717, 1.165) is 10.1 Å². The minimum absolute atomic E-state index is 0.124. The number of hydrogen-bond donors (Lipinski definition) is 2. The van der Waals surface area contributed by atoms with Crippen molar-refractivity contribution in [2.24, 2.45) is 19.2 Å². The zero-order valence-electron chi connectivity index (χ0n) is 13.6. The summed E-state index contributed by atoms with van der Waals surface area (Å²) < 4.78 is 3.74. The highest BCUT2D eigenvalue weighted by Crippen LogP contribution is 1.97. The standard InChI is InChI=1S/C15H15N7O3/c1-20-13-12(14(24)21(2)15(20)25)22(9-17-13)8-11(23)19-18-7-10-3-5-16-6-4-10/h3-7,9H,8H2,1-2H3,(H,16,19,23)/p+1. The van der Waals surface area contributed by atoms with Crippen molar-refractivity contribution in [1.29, 1.82) is 0 Å². The summed E-state index contributed by atoms with van der Waals surface area (Å²) in [5.74, 6) is -0.410. The number of aryl methyl sites for hydroxylation is 1. The summed E-state index contributed by atoms with van der Waals surface area (Å²) in [4.78, 5) is 43.0. The van der Waals surface area contributed by atoms with E-state index in [0.29, 0.717) is 5.65 Å². The Morgan fingerprint density at radius 2 is 2.04 bits per heavy atom. The van der Waals surface area contributed by atoms with Crippen molar-refractivity contribution in [2.75, 3.05) is 0 Å². The Labute approximate surface area is 141 Å². The molecule has 0 unspecified atom stereocenters. The molecule has 0 bridgehead atoms.